The summed E-state index contributed by atoms with van der Waals surface area (Å²) in [6, 6.07) is 12.4. The lowest BCUT2D eigenvalue weighted by Gasteiger charge is -2.33. The summed E-state index contributed by atoms with van der Waals surface area (Å²) in [7, 11) is 1.79. The number of pyridine rings is 1. The molecule has 2 N–H and O–H groups in total. The Morgan fingerprint density at radius 1 is 0.952 bits per heavy atom. The van der Waals surface area contributed by atoms with Crippen molar-refractivity contribution in [3.63, 3.8) is 0 Å². The van der Waals surface area contributed by atoms with Gasteiger partial charge in [-0.1, -0.05) is 0 Å². The van der Waals surface area contributed by atoms with Gasteiger partial charge < -0.3 is 29.5 Å². The zero-order chi connectivity index (χ0) is 30.2. The Labute approximate surface area is 237 Å². The number of aromatic nitrogens is 2. The van der Waals surface area contributed by atoms with Crippen molar-refractivity contribution in [1.82, 2.24) is 19.4 Å². The van der Waals surface area contributed by atoms with Crippen molar-refractivity contribution in [2.24, 2.45) is 7.05 Å². The second-order valence-electron chi connectivity index (χ2n) is 9.79. The number of carboxylic acid groups (broad SMARTS) is 1. The number of piperazine rings is 1. The number of hydrogen-bond donors (Lipinski definition) is 2. The van der Waals surface area contributed by atoms with E-state index in [1.807, 2.05) is 13.0 Å². The first-order valence-corrected chi connectivity index (χ1v) is 12.9. The normalized spacial score (nSPS) is 13.7. The molecule has 0 aliphatic carbocycles. The largest absolute Gasteiger partial charge is 0.465 e. The van der Waals surface area contributed by atoms with E-state index in [2.05, 4.69) is 10.3 Å². The SMILES string of the molecule is Cc1c(Oc2ccc(NC(=O)c3ccc(C(F)(F)F)cc3)cn2)ccc2c1cc(C(=O)N1CCN(C(=O)O)CC1)n2C. The number of amides is 3. The number of nitrogens with zero attached hydrogens (tertiary/aromatic N) is 4. The van der Waals surface area contributed by atoms with E-state index in [-0.39, 0.29) is 30.4 Å². The molecule has 1 aliphatic rings. The number of benzene rings is 2. The highest BCUT2D eigenvalue weighted by Crippen LogP contribution is 2.33. The van der Waals surface area contributed by atoms with Gasteiger partial charge in [0.25, 0.3) is 11.8 Å². The van der Waals surface area contributed by atoms with Gasteiger partial charge in [-0.05, 0) is 55.5 Å². The number of alkyl halides is 3. The molecule has 0 saturated carbocycles. The van der Waals surface area contributed by atoms with Crippen LogP contribution in [0.15, 0.2) is 60.8 Å². The van der Waals surface area contributed by atoms with Gasteiger partial charge in [0, 0.05) is 61.3 Å². The summed E-state index contributed by atoms with van der Waals surface area (Å²) in [5.74, 6) is -0.0142. The summed E-state index contributed by atoms with van der Waals surface area (Å²) < 4.78 is 46.1. The van der Waals surface area contributed by atoms with Crippen LogP contribution in [-0.2, 0) is 13.2 Å². The zero-order valence-electron chi connectivity index (χ0n) is 22.6. The van der Waals surface area contributed by atoms with Crippen molar-refractivity contribution in [1.29, 1.82) is 0 Å². The summed E-state index contributed by atoms with van der Waals surface area (Å²) in [5.41, 5.74) is 1.62. The average molecular weight is 582 g/mol. The predicted molar refractivity (Wildman–Crippen MR) is 147 cm³/mol. The highest BCUT2D eigenvalue weighted by molar-refractivity contribution is 6.04. The Morgan fingerprint density at radius 3 is 2.21 bits per heavy atom. The van der Waals surface area contributed by atoms with Gasteiger partial charge in [0.05, 0.1) is 17.4 Å². The molecule has 2 aromatic carbocycles. The number of ether oxygens (including phenoxy) is 1. The fourth-order valence-corrected chi connectivity index (χ4v) is 4.75. The van der Waals surface area contributed by atoms with Gasteiger partial charge in [0.2, 0.25) is 5.88 Å². The van der Waals surface area contributed by atoms with Crippen LogP contribution in [0.1, 0.15) is 32.0 Å². The predicted octanol–water partition coefficient (Wildman–Crippen LogP) is 5.38. The lowest BCUT2D eigenvalue weighted by atomic mass is 10.1. The molecule has 42 heavy (non-hydrogen) atoms. The lowest BCUT2D eigenvalue weighted by molar-refractivity contribution is -0.137. The molecule has 13 heteroatoms. The summed E-state index contributed by atoms with van der Waals surface area (Å²) >= 11 is 0. The first-order valence-electron chi connectivity index (χ1n) is 12.9. The van der Waals surface area contributed by atoms with Crippen molar-refractivity contribution < 1.29 is 37.4 Å². The average Bonchev–Trinajstić information content (AvgIpc) is 3.31. The molecular weight excluding hydrogens is 555 g/mol. The number of aryl methyl sites for hydroxylation is 2. The summed E-state index contributed by atoms with van der Waals surface area (Å²) in [6.45, 7) is 2.99. The zero-order valence-corrected chi connectivity index (χ0v) is 22.6. The minimum Gasteiger partial charge on any atom is -0.465 e. The third kappa shape index (κ3) is 5.71. The van der Waals surface area contributed by atoms with E-state index in [1.54, 1.807) is 40.8 Å². The minimum absolute atomic E-state index is 0.0653. The minimum atomic E-state index is -4.49. The van der Waals surface area contributed by atoms with Gasteiger partial charge in [-0.2, -0.15) is 13.2 Å². The molecule has 0 unspecified atom stereocenters. The molecular formula is C29H26F3N5O5. The second kappa shape index (κ2) is 11.1. The summed E-state index contributed by atoms with van der Waals surface area (Å²) in [4.78, 5) is 44.0. The van der Waals surface area contributed by atoms with Crippen LogP contribution in [0.2, 0.25) is 0 Å². The van der Waals surface area contributed by atoms with E-state index in [0.717, 1.165) is 40.7 Å². The molecule has 0 radical (unpaired) electrons. The van der Waals surface area contributed by atoms with Crippen LogP contribution in [0.25, 0.3) is 10.9 Å². The molecule has 0 bridgehead atoms. The number of nitrogens with one attached hydrogen (secondary N) is 1. The lowest BCUT2D eigenvalue weighted by Crippen LogP contribution is -2.50. The fraction of sp³-hybridized carbons (Fsp3) is 0.241. The van der Waals surface area contributed by atoms with E-state index in [1.165, 1.54) is 11.1 Å². The molecule has 3 amide bonds. The van der Waals surface area contributed by atoms with E-state index < -0.39 is 23.7 Å². The maximum absolute atomic E-state index is 13.2. The van der Waals surface area contributed by atoms with Crippen molar-refractivity contribution in [2.75, 3.05) is 31.5 Å². The number of rotatable bonds is 5. The molecule has 1 saturated heterocycles. The molecule has 3 heterocycles. The summed E-state index contributed by atoms with van der Waals surface area (Å²) in [5, 5.41) is 12.6. The third-order valence-corrected chi connectivity index (χ3v) is 7.19. The monoisotopic (exact) mass is 581 g/mol. The van der Waals surface area contributed by atoms with Gasteiger partial charge in [-0.15, -0.1) is 0 Å². The molecule has 0 atom stereocenters. The van der Waals surface area contributed by atoms with Crippen LogP contribution < -0.4 is 10.1 Å². The van der Waals surface area contributed by atoms with Crippen molar-refractivity contribution in [2.45, 2.75) is 13.1 Å². The van der Waals surface area contributed by atoms with Crippen LogP contribution in [-0.4, -0.2) is 68.5 Å². The smallest absolute Gasteiger partial charge is 0.416 e. The van der Waals surface area contributed by atoms with Gasteiger partial charge in [0.15, 0.2) is 0 Å². The fourth-order valence-electron chi connectivity index (χ4n) is 4.75. The van der Waals surface area contributed by atoms with E-state index in [0.29, 0.717) is 30.2 Å². The number of fused-ring (bicyclic) bond motifs is 1. The van der Waals surface area contributed by atoms with Gasteiger partial charge in [-0.3, -0.25) is 9.59 Å². The number of carbonyl (C=O) groups is 3. The van der Waals surface area contributed by atoms with Crippen LogP contribution >= 0.6 is 0 Å². The Morgan fingerprint density at radius 2 is 1.62 bits per heavy atom. The molecule has 0 spiro atoms. The standard InChI is InChI=1S/C29H26F3N5O5/c1-17-21-15-23(27(39)36-11-13-37(14-12-36)28(40)41)35(2)22(21)8-9-24(17)42-25-10-7-20(16-33-25)34-26(38)18-3-5-19(6-4-18)29(30,31)32/h3-10,15-16H,11-14H2,1-2H3,(H,34,38)(H,40,41). The highest BCUT2D eigenvalue weighted by atomic mass is 19.4. The van der Waals surface area contributed by atoms with Crippen LogP contribution in [0.5, 0.6) is 11.6 Å². The van der Waals surface area contributed by atoms with Gasteiger partial charge in [0.1, 0.15) is 11.4 Å². The van der Waals surface area contributed by atoms with E-state index >= 15 is 0 Å². The molecule has 5 rings (SSSR count). The highest BCUT2D eigenvalue weighted by Gasteiger charge is 2.30. The van der Waals surface area contributed by atoms with Crippen molar-refractivity contribution >= 4 is 34.5 Å². The Balaban J connectivity index is 1.27. The molecule has 218 valence electrons. The van der Waals surface area contributed by atoms with Crippen molar-refractivity contribution in [3.8, 4) is 11.6 Å². The Bertz CT molecular complexity index is 1660. The first kappa shape index (κ1) is 28.5. The second-order valence-corrected chi connectivity index (χ2v) is 9.79. The molecule has 1 fully saturated rings. The van der Waals surface area contributed by atoms with Crippen LogP contribution in [0.3, 0.4) is 0 Å². The number of anilines is 1. The maximum Gasteiger partial charge on any atom is 0.416 e. The van der Waals surface area contributed by atoms with Gasteiger partial charge >= 0.3 is 12.3 Å². The number of halogens is 3. The number of hydrogen-bond acceptors (Lipinski definition) is 5. The van der Waals surface area contributed by atoms with Crippen LogP contribution in [0, 0.1) is 6.92 Å². The van der Waals surface area contributed by atoms with Crippen molar-refractivity contribution in [3.05, 3.63) is 83.2 Å². The quantitative estimate of drug-likeness (QED) is 0.327. The topological polar surface area (TPSA) is 117 Å². The van der Waals surface area contributed by atoms with Crippen LogP contribution in [0.4, 0.5) is 23.7 Å². The Hall–Kier alpha value is -5.07. The summed E-state index contributed by atoms with van der Waals surface area (Å²) in [6.07, 6.45) is -4.12. The molecule has 4 aromatic rings. The molecule has 2 aromatic heterocycles. The first-order chi connectivity index (χ1) is 19.9. The molecule has 10 nitrogen and oxygen atoms in total. The Kier molecular flexibility index (Phi) is 7.50. The number of carbonyl (C=O) groups excluding carboxylic acids is 2. The maximum atomic E-state index is 13.2. The third-order valence-electron chi connectivity index (χ3n) is 7.19. The van der Waals surface area contributed by atoms with E-state index in [4.69, 9.17) is 9.84 Å². The molecule has 1 aliphatic heterocycles. The van der Waals surface area contributed by atoms with E-state index in [9.17, 15) is 27.6 Å². The van der Waals surface area contributed by atoms with Gasteiger partial charge in [-0.25, -0.2) is 9.78 Å².